The molecule has 0 atom stereocenters. The number of hydrogen-bond donors (Lipinski definition) is 2. The van der Waals surface area contributed by atoms with Crippen LogP contribution in [-0.2, 0) is 6.61 Å². The van der Waals surface area contributed by atoms with E-state index in [1.807, 2.05) is 13.0 Å². The summed E-state index contributed by atoms with van der Waals surface area (Å²) in [7, 11) is 0. The summed E-state index contributed by atoms with van der Waals surface area (Å²) in [6.45, 7) is 3.17. The van der Waals surface area contributed by atoms with Crippen molar-refractivity contribution in [2.24, 2.45) is 5.73 Å². The maximum atomic E-state index is 8.95. The molecule has 0 saturated heterocycles. The molecule has 3 heteroatoms. The van der Waals surface area contributed by atoms with Crippen molar-refractivity contribution < 1.29 is 9.84 Å². The molecule has 0 aliphatic rings. The Kier molecular flexibility index (Phi) is 4.43. The van der Waals surface area contributed by atoms with Gasteiger partial charge in [-0.2, -0.15) is 0 Å². The number of nitrogens with two attached hydrogens (primary N) is 1. The molecular weight excluding hydrogens is 178 g/mol. The summed E-state index contributed by atoms with van der Waals surface area (Å²) in [5, 5.41) is 8.95. The largest absolute Gasteiger partial charge is 0.494 e. The van der Waals surface area contributed by atoms with Gasteiger partial charge in [-0.25, -0.2) is 0 Å². The third-order valence-corrected chi connectivity index (χ3v) is 1.82. The third-order valence-electron chi connectivity index (χ3n) is 1.82. The van der Waals surface area contributed by atoms with E-state index in [1.54, 1.807) is 6.07 Å². The lowest BCUT2D eigenvalue weighted by Gasteiger charge is -2.07. The first-order valence-electron chi connectivity index (χ1n) is 4.73. The van der Waals surface area contributed by atoms with E-state index in [1.165, 1.54) is 0 Å². The molecule has 0 spiro atoms. The maximum Gasteiger partial charge on any atom is 0.119 e. The number of aryl methyl sites for hydroxylation is 1. The zero-order chi connectivity index (χ0) is 10.4. The molecule has 0 unspecified atom stereocenters. The highest BCUT2D eigenvalue weighted by Gasteiger charge is 1.99. The van der Waals surface area contributed by atoms with Crippen LogP contribution in [0.25, 0.3) is 0 Å². The fraction of sp³-hybridized carbons (Fsp3) is 0.455. The minimum atomic E-state index is -0.00503. The average Bonchev–Trinajstić information content (AvgIpc) is 2.17. The lowest BCUT2D eigenvalue weighted by Crippen LogP contribution is -2.06. The van der Waals surface area contributed by atoms with Crippen LogP contribution in [0.4, 0.5) is 0 Å². The second-order valence-corrected chi connectivity index (χ2v) is 3.17. The molecule has 1 rings (SSSR count). The molecular formula is C11H16NO2. The SMILES string of the molecule is Cc1[c]c(CO)cc(OCCCN)c1. The number of hydrogen-bond acceptors (Lipinski definition) is 3. The van der Waals surface area contributed by atoms with Crippen LogP contribution in [0, 0.1) is 13.0 Å². The minimum Gasteiger partial charge on any atom is -0.494 e. The van der Waals surface area contributed by atoms with E-state index in [0.717, 1.165) is 23.3 Å². The van der Waals surface area contributed by atoms with Crippen molar-refractivity contribution in [3.8, 4) is 5.75 Å². The quantitative estimate of drug-likeness (QED) is 0.688. The van der Waals surface area contributed by atoms with Crippen LogP contribution < -0.4 is 10.5 Å². The Morgan fingerprint density at radius 1 is 1.50 bits per heavy atom. The first-order chi connectivity index (χ1) is 6.76. The summed E-state index contributed by atoms with van der Waals surface area (Å²) in [5.41, 5.74) is 7.08. The van der Waals surface area contributed by atoms with Crippen LogP contribution in [0.2, 0.25) is 0 Å². The van der Waals surface area contributed by atoms with E-state index in [4.69, 9.17) is 15.6 Å². The highest BCUT2D eigenvalue weighted by atomic mass is 16.5. The molecule has 3 nitrogen and oxygen atoms in total. The molecule has 0 bridgehead atoms. The van der Waals surface area contributed by atoms with Gasteiger partial charge < -0.3 is 15.6 Å². The Hall–Kier alpha value is -1.06. The normalized spacial score (nSPS) is 10.2. The van der Waals surface area contributed by atoms with E-state index in [2.05, 4.69) is 6.07 Å². The molecule has 0 aliphatic carbocycles. The van der Waals surface area contributed by atoms with Gasteiger partial charge in [-0.15, -0.1) is 0 Å². The van der Waals surface area contributed by atoms with Gasteiger partial charge in [0.2, 0.25) is 0 Å². The van der Waals surface area contributed by atoms with Crippen LogP contribution >= 0.6 is 0 Å². The Labute approximate surface area is 84.5 Å². The van der Waals surface area contributed by atoms with Crippen molar-refractivity contribution in [3.63, 3.8) is 0 Å². The summed E-state index contributed by atoms with van der Waals surface area (Å²) < 4.78 is 5.46. The number of ether oxygens (including phenoxy) is 1. The van der Waals surface area contributed by atoms with Crippen molar-refractivity contribution in [2.45, 2.75) is 20.0 Å². The minimum absolute atomic E-state index is 0.00503. The molecule has 0 heterocycles. The van der Waals surface area contributed by atoms with Crippen molar-refractivity contribution in [1.82, 2.24) is 0 Å². The second-order valence-electron chi connectivity index (χ2n) is 3.17. The Morgan fingerprint density at radius 2 is 2.29 bits per heavy atom. The fourth-order valence-corrected chi connectivity index (χ4v) is 1.19. The smallest absolute Gasteiger partial charge is 0.119 e. The molecule has 0 saturated carbocycles. The lowest BCUT2D eigenvalue weighted by atomic mass is 10.1. The van der Waals surface area contributed by atoms with Crippen LogP contribution in [0.1, 0.15) is 17.5 Å². The van der Waals surface area contributed by atoms with Gasteiger partial charge in [0.05, 0.1) is 13.2 Å². The number of aliphatic hydroxyl groups excluding tert-OH is 1. The monoisotopic (exact) mass is 194 g/mol. The van der Waals surface area contributed by atoms with E-state index >= 15 is 0 Å². The van der Waals surface area contributed by atoms with Crippen LogP contribution in [-0.4, -0.2) is 18.3 Å². The molecule has 0 aliphatic heterocycles. The maximum absolute atomic E-state index is 8.95. The van der Waals surface area contributed by atoms with Gasteiger partial charge in [0.25, 0.3) is 0 Å². The van der Waals surface area contributed by atoms with Crippen LogP contribution in [0.5, 0.6) is 5.75 Å². The predicted octanol–water partition coefficient (Wildman–Crippen LogP) is 1.02. The van der Waals surface area contributed by atoms with Gasteiger partial charge in [0.1, 0.15) is 5.75 Å². The number of rotatable bonds is 5. The summed E-state index contributed by atoms with van der Waals surface area (Å²) in [5.74, 6) is 0.777. The number of aliphatic hydroxyl groups is 1. The predicted molar refractivity (Wildman–Crippen MR) is 55.1 cm³/mol. The molecule has 0 aromatic heterocycles. The zero-order valence-electron chi connectivity index (χ0n) is 8.42. The molecule has 1 radical (unpaired) electrons. The molecule has 3 N–H and O–H groups in total. The van der Waals surface area contributed by atoms with Crippen molar-refractivity contribution in [2.75, 3.05) is 13.2 Å². The van der Waals surface area contributed by atoms with Crippen molar-refractivity contribution in [1.29, 1.82) is 0 Å². The summed E-state index contributed by atoms with van der Waals surface area (Å²) >= 11 is 0. The van der Waals surface area contributed by atoms with Gasteiger partial charge in [0.15, 0.2) is 0 Å². The summed E-state index contributed by atoms with van der Waals surface area (Å²) in [4.78, 5) is 0. The molecule has 0 amide bonds. The zero-order valence-corrected chi connectivity index (χ0v) is 8.42. The molecule has 14 heavy (non-hydrogen) atoms. The van der Waals surface area contributed by atoms with Crippen LogP contribution in [0.3, 0.4) is 0 Å². The Morgan fingerprint density at radius 3 is 2.93 bits per heavy atom. The summed E-state index contributed by atoms with van der Waals surface area (Å²) in [6, 6.07) is 6.73. The lowest BCUT2D eigenvalue weighted by molar-refractivity contribution is 0.278. The van der Waals surface area contributed by atoms with Crippen molar-refractivity contribution >= 4 is 0 Å². The van der Waals surface area contributed by atoms with Gasteiger partial charge >= 0.3 is 0 Å². The Bertz CT molecular complexity index is 287. The highest BCUT2D eigenvalue weighted by molar-refractivity contribution is 5.32. The van der Waals surface area contributed by atoms with Gasteiger partial charge in [-0.1, -0.05) is 0 Å². The number of benzene rings is 1. The Balaban J connectivity index is 2.62. The highest BCUT2D eigenvalue weighted by Crippen LogP contribution is 2.16. The molecule has 77 valence electrons. The van der Waals surface area contributed by atoms with E-state index in [-0.39, 0.29) is 6.61 Å². The molecule has 0 fully saturated rings. The third kappa shape index (κ3) is 3.36. The van der Waals surface area contributed by atoms with Crippen LogP contribution in [0.15, 0.2) is 12.1 Å². The van der Waals surface area contributed by atoms with E-state index in [9.17, 15) is 0 Å². The fourth-order valence-electron chi connectivity index (χ4n) is 1.19. The molecule has 1 aromatic rings. The van der Waals surface area contributed by atoms with E-state index in [0.29, 0.717) is 13.2 Å². The van der Waals surface area contributed by atoms with Crippen molar-refractivity contribution in [3.05, 3.63) is 29.3 Å². The summed E-state index contributed by atoms with van der Waals surface area (Å²) in [6.07, 6.45) is 0.839. The van der Waals surface area contributed by atoms with Gasteiger partial charge in [-0.3, -0.25) is 0 Å². The second kappa shape index (κ2) is 5.62. The average molecular weight is 194 g/mol. The first-order valence-corrected chi connectivity index (χ1v) is 4.73. The molecule has 1 aromatic carbocycles. The van der Waals surface area contributed by atoms with Gasteiger partial charge in [0, 0.05) is 0 Å². The topological polar surface area (TPSA) is 55.5 Å². The first kappa shape index (κ1) is 11.0. The standard InChI is InChI=1S/C11H16NO2/c1-9-5-10(8-13)7-11(6-9)14-4-2-3-12/h6-7,13H,2-4,8,12H2,1H3. The van der Waals surface area contributed by atoms with Gasteiger partial charge in [-0.05, 0) is 49.2 Å². The van der Waals surface area contributed by atoms with E-state index < -0.39 is 0 Å².